The van der Waals surface area contributed by atoms with E-state index in [-0.39, 0.29) is 4.83 Å². The van der Waals surface area contributed by atoms with E-state index in [1.807, 2.05) is 24.3 Å². The molecule has 86 valence electrons. The van der Waals surface area contributed by atoms with Crippen molar-refractivity contribution in [3.63, 3.8) is 0 Å². The van der Waals surface area contributed by atoms with Gasteiger partial charge in [-0.25, -0.2) is 4.98 Å². The number of hydrogen-bond donors (Lipinski definition) is 0. The first kappa shape index (κ1) is 11.0. The minimum Gasteiger partial charge on any atom is -0.441 e. The van der Waals surface area contributed by atoms with Crippen molar-refractivity contribution in [2.75, 3.05) is 0 Å². The molecule has 0 radical (unpaired) electrons. The predicted octanol–water partition coefficient (Wildman–Crippen LogP) is 4.57. The Kier molecular flexibility index (Phi) is 2.99. The number of thiophene rings is 1. The molecule has 0 fully saturated rings. The van der Waals surface area contributed by atoms with Crippen LogP contribution in [0.2, 0.25) is 0 Å². The summed E-state index contributed by atoms with van der Waals surface area (Å²) in [5, 5.41) is 4.22. The molecule has 2 heterocycles. The van der Waals surface area contributed by atoms with Gasteiger partial charge >= 0.3 is 0 Å². The summed E-state index contributed by atoms with van der Waals surface area (Å²) < 4.78 is 5.70. The molecule has 0 amide bonds. The van der Waals surface area contributed by atoms with Gasteiger partial charge in [-0.3, -0.25) is 0 Å². The number of para-hydroxylation sites is 2. The summed E-state index contributed by atoms with van der Waals surface area (Å²) in [6, 6.07) is 9.96. The van der Waals surface area contributed by atoms with Gasteiger partial charge in [0.1, 0.15) is 5.52 Å². The lowest BCUT2D eigenvalue weighted by molar-refractivity contribution is 0.527. The fourth-order valence-electron chi connectivity index (χ4n) is 1.73. The number of fused-ring (bicyclic) bond motifs is 1. The summed E-state index contributed by atoms with van der Waals surface area (Å²) in [5.74, 6) is 0.777. The molecule has 0 bridgehead atoms. The molecular formula is C13H10BrNOS. The lowest BCUT2D eigenvalue weighted by atomic mass is 10.2. The molecule has 0 saturated heterocycles. The van der Waals surface area contributed by atoms with Gasteiger partial charge in [0.15, 0.2) is 11.5 Å². The van der Waals surface area contributed by atoms with Crippen molar-refractivity contribution < 1.29 is 4.42 Å². The zero-order valence-corrected chi connectivity index (χ0v) is 11.4. The molecule has 0 aliphatic heterocycles. The van der Waals surface area contributed by atoms with Crippen molar-refractivity contribution in [2.24, 2.45) is 0 Å². The quantitative estimate of drug-likeness (QED) is 0.663. The Morgan fingerprint density at radius 3 is 2.94 bits per heavy atom. The van der Waals surface area contributed by atoms with Crippen LogP contribution in [0.25, 0.3) is 11.1 Å². The minimum absolute atomic E-state index is 0.266. The van der Waals surface area contributed by atoms with Crippen LogP contribution < -0.4 is 0 Å². The molecule has 4 heteroatoms. The second kappa shape index (κ2) is 4.63. The largest absolute Gasteiger partial charge is 0.441 e. The maximum Gasteiger partial charge on any atom is 0.196 e. The van der Waals surface area contributed by atoms with Gasteiger partial charge in [0.25, 0.3) is 0 Å². The molecule has 0 aliphatic carbocycles. The molecule has 1 aromatic carbocycles. The summed E-state index contributed by atoms with van der Waals surface area (Å²) in [6.45, 7) is 0. The average Bonchev–Trinajstić information content (AvgIpc) is 2.97. The van der Waals surface area contributed by atoms with E-state index >= 15 is 0 Å². The van der Waals surface area contributed by atoms with Crippen LogP contribution in [-0.2, 0) is 6.42 Å². The Labute approximate surface area is 111 Å². The molecule has 3 rings (SSSR count). The Bertz CT molecular complexity index is 584. The molecule has 3 aromatic rings. The van der Waals surface area contributed by atoms with E-state index in [0.29, 0.717) is 0 Å². The molecule has 0 saturated carbocycles. The molecule has 1 atom stereocenters. The monoisotopic (exact) mass is 307 g/mol. The lowest BCUT2D eigenvalue weighted by Crippen LogP contribution is -1.93. The second-order valence-electron chi connectivity index (χ2n) is 3.80. The Morgan fingerprint density at radius 2 is 2.18 bits per heavy atom. The molecule has 0 spiro atoms. The van der Waals surface area contributed by atoms with Crippen molar-refractivity contribution in [1.82, 2.24) is 4.98 Å². The fourth-order valence-corrected chi connectivity index (χ4v) is 3.18. The third-order valence-corrected chi connectivity index (χ3v) is 4.15. The van der Waals surface area contributed by atoms with E-state index < -0.39 is 0 Å². The first-order chi connectivity index (χ1) is 8.33. The highest BCUT2D eigenvalue weighted by molar-refractivity contribution is 9.09. The van der Waals surface area contributed by atoms with Crippen molar-refractivity contribution in [3.8, 4) is 0 Å². The number of aromatic nitrogens is 1. The highest BCUT2D eigenvalue weighted by Crippen LogP contribution is 2.29. The van der Waals surface area contributed by atoms with Crippen LogP contribution in [0.1, 0.15) is 16.3 Å². The summed E-state index contributed by atoms with van der Waals surface area (Å²) >= 11 is 5.37. The minimum atomic E-state index is 0.266. The third kappa shape index (κ3) is 2.28. The summed E-state index contributed by atoms with van der Waals surface area (Å²) in [4.78, 5) is 4.73. The average molecular weight is 308 g/mol. The van der Waals surface area contributed by atoms with Gasteiger partial charge in [0.05, 0.1) is 0 Å². The molecule has 17 heavy (non-hydrogen) atoms. The highest BCUT2D eigenvalue weighted by Gasteiger charge is 2.13. The summed E-state index contributed by atoms with van der Waals surface area (Å²) in [7, 11) is 0. The topological polar surface area (TPSA) is 26.0 Å². The van der Waals surface area contributed by atoms with Crippen LogP contribution in [0, 0.1) is 0 Å². The molecule has 0 aliphatic rings. The van der Waals surface area contributed by atoms with Gasteiger partial charge < -0.3 is 4.42 Å². The maximum atomic E-state index is 5.70. The van der Waals surface area contributed by atoms with Gasteiger partial charge in [0, 0.05) is 11.2 Å². The van der Waals surface area contributed by atoms with Gasteiger partial charge in [0.2, 0.25) is 0 Å². The smallest absolute Gasteiger partial charge is 0.196 e. The Morgan fingerprint density at radius 1 is 1.29 bits per heavy atom. The molecular weight excluding hydrogens is 298 g/mol. The second-order valence-corrected chi connectivity index (χ2v) is 5.69. The van der Waals surface area contributed by atoms with Gasteiger partial charge in [-0.05, 0) is 34.5 Å². The van der Waals surface area contributed by atoms with Crippen LogP contribution in [0.5, 0.6) is 0 Å². The highest BCUT2D eigenvalue weighted by atomic mass is 79.9. The predicted molar refractivity (Wildman–Crippen MR) is 73.7 cm³/mol. The zero-order valence-electron chi connectivity index (χ0n) is 8.97. The first-order valence-electron chi connectivity index (χ1n) is 5.33. The summed E-state index contributed by atoms with van der Waals surface area (Å²) in [6.07, 6.45) is 0.769. The first-order valence-corrected chi connectivity index (χ1v) is 7.19. The number of hydrogen-bond acceptors (Lipinski definition) is 3. The number of rotatable bonds is 3. The molecule has 2 nitrogen and oxygen atoms in total. The van der Waals surface area contributed by atoms with E-state index in [1.54, 1.807) is 11.3 Å². The lowest BCUT2D eigenvalue weighted by Gasteiger charge is -2.03. The van der Waals surface area contributed by atoms with E-state index in [0.717, 1.165) is 23.4 Å². The van der Waals surface area contributed by atoms with E-state index in [4.69, 9.17) is 4.42 Å². The Balaban J connectivity index is 1.85. The molecule has 1 unspecified atom stereocenters. The van der Waals surface area contributed by atoms with Crippen molar-refractivity contribution in [2.45, 2.75) is 11.2 Å². The standard InChI is InChI=1S/C13H10BrNOS/c14-10(9-5-6-17-8-9)7-13-15-11-3-1-2-4-12(11)16-13/h1-6,8,10H,7H2. The van der Waals surface area contributed by atoms with Crippen LogP contribution in [-0.4, -0.2) is 4.98 Å². The summed E-state index contributed by atoms with van der Waals surface area (Å²) in [5.41, 5.74) is 3.05. The third-order valence-electron chi connectivity index (χ3n) is 2.60. The molecule has 2 aromatic heterocycles. The zero-order chi connectivity index (χ0) is 11.7. The number of nitrogens with zero attached hydrogens (tertiary/aromatic N) is 1. The van der Waals surface area contributed by atoms with E-state index in [1.165, 1.54) is 5.56 Å². The van der Waals surface area contributed by atoms with Gasteiger partial charge in [-0.1, -0.05) is 28.1 Å². The maximum absolute atomic E-state index is 5.70. The van der Waals surface area contributed by atoms with Crippen molar-refractivity contribution >= 4 is 38.4 Å². The van der Waals surface area contributed by atoms with Crippen LogP contribution in [0.4, 0.5) is 0 Å². The number of benzene rings is 1. The number of oxazole rings is 1. The number of halogens is 1. The van der Waals surface area contributed by atoms with Crippen LogP contribution in [0.3, 0.4) is 0 Å². The van der Waals surface area contributed by atoms with E-state index in [9.17, 15) is 0 Å². The van der Waals surface area contributed by atoms with E-state index in [2.05, 4.69) is 37.7 Å². The van der Waals surface area contributed by atoms with Crippen molar-refractivity contribution in [1.29, 1.82) is 0 Å². The SMILES string of the molecule is BrC(Cc1nc2ccccc2o1)c1ccsc1. The number of alkyl halides is 1. The van der Waals surface area contributed by atoms with Crippen LogP contribution >= 0.6 is 27.3 Å². The normalized spacial score (nSPS) is 13.0. The fraction of sp³-hybridized carbons (Fsp3) is 0.154. The molecule has 0 N–H and O–H groups in total. The van der Waals surface area contributed by atoms with Crippen LogP contribution in [0.15, 0.2) is 45.5 Å². The van der Waals surface area contributed by atoms with Gasteiger partial charge in [-0.2, -0.15) is 11.3 Å². The Hall–Kier alpha value is -1.13. The van der Waals surface area contributed by atoms with Gasteiger partial charge in [-0.15, -0.1) is 0 Å². The van der Waals surface area contributed by atoms with Crippen molar-refractivity contribution in [3.05, 3.63) is 52.5 Å².